The number of hydrogen-bond acceptors (Lipinski definition) is 7. The van der Waals surface area contributed by atoms with Gasteiger partial charge in [0.2, 0.25) is 0 Å². The summed E-state index contributed by atoms with van der Waals surface area (Å²) >= 11 is 6.09. The highest BCUT2D eigenvalue weighted by Gasteiger charge is 2.70. The summed E-state index contributed by atoms with van der Waals surface area (Å²) < 4.78 is 6.17. The molecule has 10 atom stereocenters. The van der Waals surface area contributed by atoms with Crippen molar-refractivity contribution in [1.82, 2.24) is 10.3 Å². The van der Waals surface area contributed by atoms with Crippen LogP contribution < -0.4 is 5.32 Å². The second-order valence-corrected chi connectivity index (χ2v) is 20.5. The van der Waals surface area contributed by atoms with Crippen molar-refractivity contribution < 1.29 is 29.3 Å². The fourth-order valence-electron chi connectivity index (χ4n) is 13.1. The Morgan fingerprint density at radius 1 is 0.981 bits per heavy atom. The van der Waals surface area contributed by atoms with Crippen LogP contribution in [-0.2, 0) is 19.1 Å². The van der Waals surface area contributed by atoms with Crippen molar-refractivity contribution in [3.8, 4) is 0 Å². The van der Waals surface area contributed by atoms with Gasteiger partial charge in [0, 0.05) is 36.0 Å². The Morgan fingerprint density at radius 3 is 2.30 bits per heavy atom. The van der Waals surface area contributed by atoms with E-state index in [-0.39, 0.29) is 57.8 Å². The maximum atomic E-state index is 14.1. The predicted molar refractivity (Wildman–Crippen MR) is 207 cm³/mol. The van der Waals surface area contributed by atoms with Crippen LogP contribution in [-0.4, -0.2) is 51.7 Å². The van der Waals surface area contributed by atoms with Gasteiger partial charge in [-0.3, -0.25) is 19.4 Å². The van der Waals surface area contributed by atoms with E-state index in [1.165, 1.54) is 5.57 Å². The quantitative estimate of drug-likeness (QED) is 0.202. The molecule has 0 spiro atoms. The lowest BCUT2D eigenvalue weighted by Crippen LogP contribution is -2.66. The van der Waals surface area contributed by atoms with Crippen molar-refractivity contribution in [2.45, 2.75) is 152 Å². The molecule has 9 heteroatoms. The van der Waals surface area contributed by atoms with Gasteiger partial charge >= 0.3 is 11.9 Å². The van der Waals surface area contributed by atoms with Gasteiger partial charge in [-0.05, 0) is 130 Å². The van der Waals surface area contributed by atoms with E-state index in [0.717, 1.165) is 62.6 Å². The molecule has 3 N–H and O–H groups in total. The summed E-state index contributed by atoms with van der Waals surface area (Å²) in [5, 5.41) is 26.0. The number of pyridine rings is 1. The molecule has 53 heavy (non-hydrogen) atoms. The van der Waals surface area contributed by atoms with Crippen molar-refractivity contribution >= 4 is 29.3 Å². The number of aromatic nitrogens is 1. The van der Waals surface area contributed by atoms with Gasteiger partial charge in [0.15, 0.2) is 5.78 Å². The predicted octanol–water partition coefficient (Wildman–Crippen LogP) is 9.14. The lowest BCUT2D eigenvalue weighted by atomic mass is 9.33. The Hall–Kier alpha value is -2.29. The number of Topliss-reactive ketones (excluding diaryl/α,β-unsaturated/α-hetero) is 1. The van der Waals surface area contributed by atoms with Gasteiger partial charge in [0.25, 0.3) is 0 Å². The van der Waals surface area contributed by atoms with Gasteiger partial charge in [-0.25, -0.2) is 0 Å². The van der Waals surface area contributed by atoms with Crippen LogP contribution >= 0.6 is 11.6 Å². The Morgan fingerprint density at radius 2 is 1.68 bits per heavy atom. The lowest BCUT2D eigenvalue weighted by Gasteiger charge is -2.72. The van der Waals surface area contributed by atoms with Crippen LogP contribution in [0.2, 0.25) is 5.02 Å². The molecule has 0 unspecified atom stereocenters. The van der Waals surface area contributed by atoms with Crippen LogP contribution in [0.5, 0.6) is 0 Å². The Labute approximate surface area is 322 Å². The van der Waals surface area contributed by atoms with E-state index in [4.69, 9.17) is 16.3 Å². The van der Waals surface area contributed by atoms with Gasteiger partial charge in [-0.2, -0.15) is 0 Å². The third-order valence-electron chi connectivity index (χ3n) is 16.3. The Kier molecular flexibility index (Phi) is 10.5. The topological polar surface area (TPSA) is 126 Å². The smallest absolute Gasteiger partial charge is 0.309 e. The Bertz CT molecular complexity index is 1650. The first-order valence-electron chi connectivity index (χ1n) is 20.3. The van der Waals surface area contributed by atoms with Crippen molar-refractivity contribution in [3.05, 3.63) is 40.2 Å². The largest absolute Gasteiger partial charge is 0.481 e. The van der Waals surface area contributed by atoms with Crippen LogP contribution in [0, 0.1) is 56.2 Å². The molecule has 5 aliphatic carbocycles. The highest BCUT2D eigenvalue weighted by molar-refractivity contribution is 6.30. The van der Waals surface area contributed by atoms with Crippen molar-refractivity contribution in [3.63, 3.8) is 0 Å². The number of carboxylic acid groups (broad SMARTS) is 1. The molecule has 0 bridgehead atoms. The Balaban J connectivity index is 1.26. The number of aliphatic hydroxyl groups is 1. The zero-order chi connectivity index (χ0) is 39.1. The molecular weight excluding hydrogens is 688 g/mol. The normalized spacial score (nSPS) is 37.6. The maximum absolute atomic E-state index is 14.1. The van der Waals surface area contributed by atoms with E-state index >= 15 is 0 Å². The van der Waals surface area contributed by atoms with Crippen LogP contribution in [0.1, 0.15) is 145 Å². The summed E-state index contributed by atoms with van der Waals surface area (Å²) in [6.07, 6.45) is 8.65. The summed E-state index contributed by atoms with van der Waals surface area (Å²) in [5.41, 5.74) is 1.18. The second-order valence-electron chi connectivity index (χ2n) is 20.1. The minimum absolute atomic E-state index is 0.0307. The number of fused-ring (bicyclic) bond motifs is 7. The van der Waals surface area contributed by atoms with Gasteiger partial charge in [0.05, 0.1) is 28.7 Å². The van der Waals surface area contributed by atoms with E-state index in [0.29, 0.717) is 29.8 Å². The molecule has 1 heterocycles. The van der Waals surface area contributed by atoms with E-state index in [1.54, 1.807) is 20.0 Å². The number of nitrogens with zero attached hydrogens (tertiary/aromatic N) is 1. The molecule has 0 aliphatic heterocycles. The molecule has 4 saturated carbocycles. The molecule has 8 nitrogen and oxygen atoms in total. The first-order chi connectivity index (χ1) is 24.5. The highest BCUT2D eigenvalue weighted by Crippen LogP contribution is 2.77. The van der Waals surface area contributed by atoms with Crippen LogP contribution in [0.25, 0.3) is 0 Å². The van der Waals surface area contributed by atoms with Gasteiger partial charge in [0.1, 0.15) is 6.10 Å². The first kappa shape index (κ1) is 40.4. The zero-order valence-electron chi connectivity index (χ0n) is 33.9. The molecule has 0 aromatic carbocycles. The van der Waals surface area contributed by atoms with E-state index in [9.17, 15) is 24.6 Å². The standard InChI is InChI=1S/C44H65ClN2O6/c1-25(2)36-30(48)21-44(33(49)24-46-26(3)29-13-11-27(45)23-47-29)20-19-42(9)28(37(36)44)12-14-32-41(8)17-16-34(53-35(50)22-39(4,5)38(51)52)40(6,7)31(41)15-18-43(32,42)10/h11,13,23,25-26,28,31-34,46,49H,12,14-22,24H2,1-10H3,(H,51,52)/t26-,28-,31+,32-,33-,34+,41+,42-,43-,44+/m1/s1. The number of allylic oxidation sites excluding steroid dienone is 1. The SMILES string of the molecule is CC(C)C1=C2[C@H]3CC[C@@H]4[C@@]5(C)CC[C@H](OC(=O)CC(C)(C)C(=O)O)C(C)(C)[C@@H]5CC[C@@]4(C)[C@]3(C)CC[C@@]2([C@H](O)CN[C@H](C)c2ccc(Cl)cn2)CC1=O. The average molecular weight is 753 g/mol. The highest BCUT2D eigenvalue weighted by atomic mass is 35.5. The van der Waals surface area contributed by atoms with Gasteiger partial charge in [-0.15, -0.1) is 0 Å². The summed E-state index contributed by atoms with van der Waals surface area (Å²) in [4.78, 5) is 43.4. The number of carbonyl (C=O) groups excluding carboxylic acids is 2. The van der Waals surface area contributed by atoms with E-state index < -0.39 is 28.9 Å². The number of aliphatic hydroxyl groups excluding tert-OH is 1. The number of carbonyl (C=O) groups is 3. The van der Waals surface area contributed by atoms with Crippen molar-refractivity contribution in [1.29, 1.82) is 0 Å². The third-order valence-corrected chi connectivity index (χ3v) is 16.5. The van der Waals surface area contributed by atoms with Crippen LogP contribution in [0.3, 0.4) is 0 Å². The maximum Gasteiger partial charge on any atom is 0.309 e. The zero-order valence-corrected chi connectivity index (χ0v) is 34.7. The molecular formula is C44H65ClN2O6. The molecule has 6 rings (SSSR count). The van der Waals surface area contributed by atoms with E-state index in [1.807, 2.05) is 19.1 Å². The molecule has 5 aliphatic rings. The molecule has 0 amide bonds. The monoisotopic (exact) mass is 752 g/mol. The van der Waals surface area contributed by atoms with Crippen molar-refractivity contribution in [2.24, 2.45) is 56.2 Å². The molecule has 1 aromatic heterocycles. The number of nitrogens with one attached hydrogen (secondary N) is 1. The van der Waals surface area contributed by atoms with Gasteiger partial charge < -0.3 is 20.3 Å². The number of ether oxygens (including phenoxy) is 1. The van der Waals surface area contributed by atoms with Crippen LogP contribution in [0.15, 0.2) is 29.5 Å². The summed E-state index contributed by atoms with van der Waals surface area (Å²) in [6.45, 7) is 22.0. The number of ketones is 1. The number of carboxylic acids is 1. The summed E-state index contributed by atoms with van der Waals surface area (Å²) in [5.74, 6) is -0.0389. The number of aliphatic carboxylic acids is 1. The molecule has 0 saturated heterocycles. The van der Waals surface area contributed by atoms with Crippen LogP contribution in [0.4, 0.5) is 0 Å². The van der Waals surface area contributed by atoms with Gasteiger partial charge in [-0.1, -0.05) is 65.6 Å². The lowest BCUT2D eigenvalue weighted by molar-refractivity contribution is -0.235. The first-order valence-corrected chi connectivity index (χ1v) is 20.7. The summed E-state index contributed by atoms with van der Waals surface area (Å²) in [6, 6.07) is 3.67. The number of hydrogen-bond donors (Lipinski definition) is 3. The molecule has 1 aromatic rings. The third kappa shape index (κ3) is 6.33. The number of esters is 1. The fourth-order valence-corrected chi connectivity index (χ4v) is 13.3. The molecule has 0 radical (unpaired) electrons. The number of rotatable bonds is 10. The minimum Gasteiger partial charge on any atom is -0.481 e. The van der Waals surface area contributed by atoms with Crippen molar-refractivity contribution in [2.75, 3.05) is 6.54 Å². The average Bonchev–Trinajstić information content (AvgIpc) is 3.38. The number of halogens is 1. The minimum atomic E-state index is -1.17. The molecule has 294 valence electrons. The summed E-state index contributed by atoms with van der Waals surface area (Å²) in [7, 11) is 0. The van der Waals surface area contributed by atoms with E-state index in [2.05, 4.69) is 58.8 Å². The molecule has 4 fully saturated rings. The second kappa shape index (κ2) is 13.7. The fraction of sp³-hybridized carbons (Fsp3) is 0.773.